The van der Waals surface area contributed by atoms with Crippen molar-refractivity contribution in [2.75, 3.05) is 50.8 Å². The van der Waals surface area contributed by atoms with Crippen molar-refractivity contribution in [1.29, 1.82) is 0 Å². The van der Waals surface area contributed by atoms with Crippen LogP contribution in [-0.2, 0) is 0 Å². The molecule has 2 saturated heterocycles. The van der Waals surface area contributed by atoms with Gasteiger partial charge in [-0.15, -0.1) is 0 Å². The average Bonchev–Trinajstić information content (AvgIpc) is 3.32. The SMILES string of the molecule is CSc1ncc(Br)c(C(=O)N2CC3CN(CCCNc4ccc(C)c(Cl)c4)CC3C2)n1. The van der Waals surface area contributed by atoms with Crippen LogP contribution in [0.2, 0.25) is 5.02 Å². The Morgan fingerprint density at radius 2 is 2.03 bits per heavy atom. The maximum absolute atomic E-state index is 13.0. The van der Waals surface area contributed by atoms with Crippen molar-refractivity contribution in [3.63, 3.8) is 0 Å². The van der Waals surface area contributed by atoms with Gasteiger partial charge in [-0.25, -0.2) is 9.97 Å². The standard InChI is InChI=1S/C22H27BrClN5OS/c1-14-4-5-17(8-19(14)24)25-6-3-7-28-10-15-12-29(13-16(15)11-28)21(30)20-18(23)9-26-22(27-20)31-2/h4-5,8-9,15-16,25H,3,6-7,10-13H2,1-2H3. The maximum Gasteiger partial charge on any atom is 0.273 e. The molecular formula is C22H27BrClN5OS. The van der Waals surface area contributed by atoms with E-state index in [0.717, 1.165) is 62.0 Å². The maximum atomic E-state index is 13.0. The Morgan fingerprint density at radius 1 is 1.29 bits per heavy atom. The number of halogens is 2. The van der Waals surface area contributed by atoms with Crippen LogP contribution in [-0.4, -0.2) is 71.2 Å². The Kier molecular flexibility index (Phi) is 7.41. The van der Waals surface area contributed by atoms with E-state index in [1.807, 2.05) is 30.2 Å². The Bertz CT molecular complexity index is 947. The average molecular weight is 525 g/mol. The zero-order valence-corrected chi connectivity index (χ0v) is 20.9. The lowest BCUT2D eigenvalue weighted by atomic mass is 10.0. The van der Waals surface area contributed by atoms with Crippen LogP contribution in [0.15, 0.2) is 34.0 Å². The van der Waals surface area contributed by atoms with Gasteiger partial charge in [-0.1, -0.05) is 29.4 Å². The second kappa shape index (κ2) is 10.1. The van der Waals surface area contributed by atoms with Crippen LogP contribution in [0.25, 0.3) is 0 Å². The molecule has 2 unspecified atom stereocenters. The van der Waals surface area contributed by atoms with Gasteiger partial charge in [0.05, 0.1) is 4.47 Å². The smallest absolute Gasteiger partial charge is 0.273 e. The number of thioether (sulfide) groups is 1. The summed E-state index contributed by atoms with van der Waals surface area (Å²) in [5, 5.41) is 4.88. The van der Waals surface area contributed by atoms with E-state index < -0.39 is 0 Å². The van der Waals surface area contributed by atoms with Crippen molar-refractivity contribution in [3.05, 3.63) is 45.1 Å². The monoisotopic (exact) mass is 523 g/mol. The molecule has 0 spiro atoms. The van der Waals surface area contributed by atoms with Gasteiger partial charge in [0.1, 0.15) is 5.69 Å². The Hall–Kier alpha value is -1.35. The van der Waals surface area contributed by atoms with Crippen LogP contribution in [0.4, 0.5) is 5.69 Å². The zero-order chi connectivity index (χ0) is 22.0. The highest BCUT2D eigenvalue weighted by Crippen LogP contribution is 2.32. The van der Waals surface area contributed by atoms with Crippen LogP contribution < -0.4 is 5.32 Å². The van der Waals surface area contributed by atoms with E-state index in [9.17, 15) is 4.79 Å². The molecule has 1 N–H and O–H groups in total. The van der Waals surface area contributed by atoms with Crippen molar-refractivity contribution >= 4 is 50.9 Å². The first-order valence-corrected chi connectivity index (χ1v) is 12.9. The lowest BCUT2D eigenvalue weighted by Gasteiger charge is -2.22. The molecule has 1 aromatic carbocycles. The molecule has 3 heterocycles. The minimum atomic E-state index is 0.00600. The molecule has 0 aliphatic carbocycles. The first kappa shape index (κ1) is 22.8. The number of hydrogen-bond acceptors (Lipinski definition) is 6. The molecule has 2 atom stereocenters. The number of rotatable bonds is 7. The highest BCUT2D eigenvalue weighted by molar-refractivity contribution is 9.10. The number of likely N-dealkylation sites (tertiary alicyclic amines) is 2. The number of fused-ring (bicyclic) bond motifs is 1. The van der Waals surface area contributed by atoms with E-state index in [-0.39, 0.29) is 5.91 Å². The summed E-state index contributed by atoms with van der Waals surface area (Å²) in [4.78, 5) is 26.1. The molecule has 0 radical (unpaired) electrons. The number of aromatic nitrogens is 2. The first-order valence-electron chi connectivity index (χ1n) is 10.5. The molecular weight excluding hydrogens is 498 g/mol. The summed E-state index contributed by atoms with van der Waals surface area (Å²) >= 11 is 11.1. The number of nitrogens with one attached hydrogen (secondary N) is 1. The van der Waals surface area contributed by atoms with E-state index in [4.69, 9.17) is 11.6 Å². The van der Waals surface area contributed by atoms with Crippen molar-refractivity contribution in [2.45, 2.75) is 18.5 Å². The quantitative estimate of drug-likeness (QED) is 0.328. The molecule has 1 aromatic heterocycles. The fourth-order valence-electron chi connectivity index (χ4n) is 4.43. The zero-order valence-electron chi connectivity index (χ0n) is 17.8. The summed E-state index contributed by atoms with van der Waals surface area (Å²) in [6, 6.07) is 6.10. The van der Waals surface area contributed by atoms with Crippen molar-refractivity contribution in [3.8, 4) is 0 Å². The lowest BCUT2D eigenvalue weighted by Crippen LogP contribution is -2.34. The normalized spacial score (nSPS) is 20.8. The largest absolute Gasteiger partial charge is 0.385 e. The second-order valence-electron chi connectivity index (χ2n) is 8.29. The van der Waals surface area contributed by atoms with E-state index in [1.165, 1.54) is 11.8 Å². The highest BCUT2D eigenvalue weighted by Gasteiger charge is 2.42. The number of hydrogen-bond donors (Lipinski definition) is 1. The summed E-state index contributed by atoms with van der Waals surface area (Å²) in [5.74, 6) is 1.10. The molecule has 166 valence electrons. The molecule has 31 heavy (non-hydrogen) atoms. The van der Waals surface area contributed by atoms with Gasteiger partial charge < -0.3 is 15.1 Å². The molecule has 1 amide bonds. The van der Waals surface area contributed by atoms with Gasteiger partial charge in [0.15, 0.2) is 5.16 Å². The van der Waals surface area contributed by atoms with Crippen molar-refractivity contribution in [1.82, 2.24) is 19.8 Å². The molecule has 0 saturated carbocycles. The summed E-state index contributed by atoms with van der Waals surface area (Å²) < 4.78 is 0.663. The van der Waals surface area contributed by atoms with Crippen LogP contribution in [0.1, 0.15) is 22.5 Å². The number of amides is 1. The molecule has 2 aromatic rings. The van der Waals surface area contributed by atoms with E-state index in [2.05, 4.69) is 42.2 Å². The number of carbonyl (C=O) groups excluding carboxylic acids is 1. The summed E-state index contributed by atoms with van der Waals surface area (Å²) in [7, 11) is 0. The third-order valence-corrected chi connectivity index (χ3v) is 7.66. The number of aryl methyl sites for hydroxylation is 1. The molecule has 2 fully saturated rings. The summed E-state index contributed by atoms with van der Waals surface area (Å²) in [6.07, 6.45) is 4.67. The van der Waals surface area contributed by atoms with Crippen LogP contribution >= 0.6 is 39.3 Å². The molecule has 2 aliphatic heterocycles. The predicted molar refractivity (Wildman–Crippen MR) is 130 cm³/mol. The Labute approximate surface area is 201 Å². The molecule has 0 bridgehead atoms. The molecule has 9 heteroatoms. The second-order valence-corrected chi connectivity index (χ2v) is 10.3. The van der Waals surface area contributed by atoms with Gasteiger partial charge in [-0.05, 0) is 71.6 Å². The summed E-state index contributed by atoms with van der Waals surface area (Å²) in [6.45, 7) is 7.75. The molecule has 2 aliphatic rings. The fourth-order valence-corrected chi connectivity index (χ4v) is 5.31. The van der Waals surface area contributed by atoms with E-state index in [1.54, 1.807) is 6.20 Å². The van der Waals surface area contributed by atoms with Gasteiger partial charge >= 0.3 is 0 Å². The lowest BCUT2D eigenvalue weighted by molar-refractivity contribution is 0.0766. The Balaban J connectivity index is 1.23. The van der Waals surface area contributed by atoms with Crippen molar-refractivity contribution in [2.24, 2.45) is 11.8 Å². The predicted octanol–water partition coefficient (Wildman–Crippen LogP) is 4.43. The number of anilines is 1. The summed E-state index contributed by atoms with van der Waals surface area (Å²) in [5.41, 5.74) is 2.64. The third-order valence-electron chi connectivity index (χ3n) is 6.11. The van der Waals surface area contributed by atoms with Crippen molar-refractivity contribution < 1.29 is 4.79 Å². The number of benzene rings is 1. The fraction of sp³-hybridized carbons (Fsp3) is 0.500. The highest BCUT2D eigenvalue weighted by atomic mass is 79.9. The van der Waals surface area contributed by atoms with E-state index in [0.29, 0.717) is 27.2 Å². The third kappa shape index (κ3) is 5.35. The van der Waals surface area contributed by atoms with Gasteiger partial charge in [-0.2, -0.15) is 0 Å². The van der Waals surface area contributed by atoms with Gasteiger partial charge in [0, 0.05) is 49.6 Å². The number of nitrogens with zero attached hydrogens (tertiary/aromatic N) is 4. The Morgan fingerprint density at radius 3 is 2.71 bits per heavy atom. The minimum absolute atomic E-state index is 0.00600. The molecule has 6 nitrogen and oxygen atoms in total. The van der Waals surface area contributed by atoms with Crippen LogP contribution in [0.3, 0.4) is 0 Å². The van der Waals surface area contributed by atoms with Crippen LogP contribution in [0, 0.1) is 18.8 Å². The molecule has 4 rings (SSSR count). The van der Waals surface area contributed by atoms with E-state index >= 15 is 0 Å². The minimum Gasteiger partial charge on any atom is -0.385 e. The first-order chi connectivity index (χ1) is 14.9. The van der Waals surface area contributed by atoms with Crippen LogP contribution in [0.5, 0.6) is 0 Å². The van der Waals surface area contributed by atoms with Gasteiger partial charge in [0.2, 0.25) is 0 Å². The van der Waals surface area contributed by atoms with Gasteiger partial charge in [-0.3, -0.25) is 4.79 Å². The topological polar surface area (TPSA) is 61.4 Å². The van der Waals surface area contributed by atoms with Gasteiger partial charge in [0.25, 0.3) is 5.91 Å². The number of carbonyl (C=O) groups is 1.